The average Bonchev–Trinajstić information content (AvgIpc) is 3.19. The van der Waals surface area contributed by atoms with Crippen LogP contribution in [0, 0.1) is 6.92 Å². The zero-order chi connectivity index (χ0) is 15.0. The smallest absolute Gasteiger partial charge is 0.235 e. The van der Waals surface area contributed by atoms with Gasteiger partial charge in [0.2, 0.25) is 5.91 Å². The fourth-order valence-electron chi connectivity index (χ4n) is 2.63. The van der Waals surface area contributed by atoms with Crippen LogP contribution >= 0.6 is 15.9 Å². The topological polar surface area (TPSA) is 55.1 Å². The number of amides is 1. The van der Waals surface area contributed by atoms with Crippen LogP contribution in [0.3, 0.4) is 0 Å². The Morgan fingerprint density at radius 1 is 1.19 bits per heavy atom. The molecule has 1 saturated carbocycles. The van der Waals surface area contributed by atoms with Gasteiger partial charge in [0.05, 0.1) is 5.41 Å². The van der Waals surface area contributed by atoms with Crippen molar-refractivity contribution >= 4 is 33.2 Å². The summed E-state index contributed by atoms with van der Waals surface area (Å²) in [5.74, 6) is 0.0600. The van der Waals surface area contributed by atoms with Gasteiger partial charge in [-0.2, -0.15) is 0 Å². The molecule has 1 amide bonds. The highest BCUT2D eigenvalue weighted by molar-refractivity contribution is 9.10. The molecule has 108 valence electrons. The van der Waals surface area contributed by atoms with E-state index in [0.717, 1.165) is 39.8 Å². The largest absolute Gasteiger partial charge is 0.399 e. The first-order valence-corrected chi connectivity index (χ1v) is 7.74. The third-order valence-electron chi connectivity index (χ3n) is 3.95. The summed E-state index contributed by atoms with van der Waals surface area (Å²) in [6.45, 7) is 2.01. The fraction of sp³-hybridized carbons (Fsp3) is 0.235. The lowest BCUT2D eigenvalue weighted by atomic mass is 9.94. The number of hydrogen-bond acceptors (Lipinski definition) is 2. The Morgan fingerprint density at radius 2 is 1.86 bits per heavy atom. The van der Waals surface area contributed by atoms with Crippen LogP contribution in [-0.4, -0.2) is 5.91 Å². The molecule has 1 aliphatic carbocycles. The van der Waals surface area contributed by atoms with Gasteiger partial charge < -0.3 is 11.1 Å². The summed E-state index contributed by atoms with van der Waals surface area (Å²) in [6, 6.07) is 13.5. The molecule has 0 bridgehead atoms. The Morgan fingerprint density at radius 3 is 2.43 bits per heavy atom. The second-order valence-electron chi connectivity index (χ2n) is 5.68. The molecule has 0 radical (unpaired) electrons. The molecule has 0 unspecified atom stereocenters. The number of benzene rings is 2. The van der Waals surface area contributed by atoms with E-state index in [1.807, 2.05) is 49.4 Å². The lowest BCUT2D eigenvalue weighted by molar-refractivity contribution is -0.118. The minimum Gasteiger partial charge on any atom is -0.399 e. The minimum atomic E-state index is -0.385. The van der Waals surface area contributed by atoms with Crippen molar-refractivity contribution in [2.75, 3.05) is 11.1 Å². The van der Waals surface area contributed by atoms with Crippen LogP contribution in [0.15, 0.2) is 46.9 Å². The summed E-state index contributed by atoms with van der Waals surface area (Å²) in [4.78, 5) is 12.6. The number of hydrogen-bond donors (Lipinski definition) is 2. The van der Waals surface area contributed by atoms with E-state index in [0.29, 0.717) is 0 Å². The van der Waals surface area contributed by atoms with E-state index >= 15 is 0 Å². The molecule has 2 aromatic carbocycles. The van der Waals surface area contributed by atoms with Gasteiger partial charge in [-0.1, -0.05) is 28.1 Å². The van der Waals surface area contributed by atoms with Crippen LogP contribution in [-0.2, 0) is 10.2 Å². The van der Waals surface area contributed by atoms with Gasteiger partial charge in [0, 0.05) is 15.8 Å². The van der Waals surface area contributed by atoms with Crippen LogP contribution in [0.1, 0.15) is 24.0 Å². The van der Waals surface area contributed by atoms with Crippen LogP contribution in [0.2, 0.25) is 0 Å². The Hall–Kier alpha value is -1.81. The molecule has 3 nitrogen and oxygen atoms in total. The molecule has 0 aromatic heterocycles. The van der Waals surface area contributed by atoms with Gasteiger partial charge in [-0.15, -0.1) is 0 Å². The number of carbonyl (C=O) groups is 1. The first-order chi connectivity index (χ1) is 9.99. The Kier molecular flexibility index (Phi) is 3.49. The predicted octanol–water partition coefficient (Wildman–Crippen LogP) is 4.01. The lowest BCUT2D eigenvalue weighted by Gasteiger charge is -2.16. The zero-order valence-corrected chi connectivity index (χ0v) is 13.4. The maximum absolute atomic E-state index is 12.6. The van der Waals surface area contributed by atoms with E-state index in [4.69, 9.17) is 5.73 Å². The molecular formula is C17H17BrN2O. The second-order valence-corrected chi connectivity index (χ2v) is 6.59. The molecular weight excluding hydrogens is 328 g/mol. The highest BCUT2D eigenvalue weighted by Gasteiger charge is 2.51. The summed E-state index contributed by atoms with van der Waals surface area (Å²) in [7, 11) is 0. The van der Waals surface area contributed by atoms with Crippen LogP contribution in [0.25, 0.3) is 0 Å². The van der Waals surface area contributed by atoms with E-state index in [-0.39, 0.29) is 11.3 Å². The first kappa shape index (κ1) is 14.1. The maximum atomic E-state index is 12.6. The third-order valence-corrected chi connectivity index (χ3v) is 4.41. The van der Waals surface area contributed by atoms with E-state index in [1.165, 1.54) is 0 Å². The number of rotatable bonds is 3. The van der Waals surface area contributed by atoms with Crippen molar-refractivity contribution in [3.8, 4) is 0 Å². The summed E-state index contributed by atoms with van der Waals surface area (Å²) < 4.78 is 0.968. The summed E-state index contributed by atoms with van der Waals surface area (Å²) in [5.41, 5.74) is 9.03. The SMILES string of the molecule is Cc1cc(Br)cc(NC(=O)C2(c3ccc(N)cc3)CC2)c1. The maximum Gasteiger partial charge on any atom is 0.235 e. The molecule has 2 aromatic rings. The quantitative estimate of drug-likeness (QED) is 0.826. The van der Waals surface area contributed by atoms with Crippen LogP contribution < -0.4 is 11.1 Å². The third kappa shape index (κ3) is 2.81. The van der Waals surface area contributed by atoms with Crippen molar-refractivity contribution in [3.63, 3.8) is 0 Å². The number of nitrogen functional groups attached to an aromatic ring is 1. The first-order valence-electron chi connectivity index (χ1n) is 6.94. The monoisotopic (exact) mass is 344 g/mol. The molecule has 4 heteroatoms. The predicted molar refractivity (Wildman–Crippen MR) is 89.3 cm³/mol. The second kappa shape index (κ2) is 5.19. The molecule has 3 N–H and O–H groups in total. The number of nitrogens with one attached hydrogen (secondary N) is 1. The minimum absolute atomic E-state index is 0.0600. The summed E-state index contributed by atoms with van der Waals surface area (Å²) in [5, 5.41) is 3.04. The highest BCUT2D eigenvalue weighted by atomic mass is 79.9. The van der Waals surface area contributed by atoms with Gasteiger partial charge in [-0.05, 0) is 61.2 Å². The summed E-state index contributed by atoms with van der Waals surface area (Å²) in [6.07, 6.45) is 1.77. The zero-order valence-electron chi connectivity index (χ0n) is 11.8. The number of nitrogens with two attached hydrogens (primary N) is 1. The van der Waals surface area contributed by atoms with E-state index in [1.54, 1.807) is 0 Å². The Bertz CT molecular complexity index is 670. The summed E-state index contributed by atoms with van der Waals surface area (Å²) >= 11 is 3.46. The number of anilines is 2. The normalized spacial score (nSPS) is 15.5. The van der Waals surface area contributed by atoms with Gasteiger partial charge in [0.15, 0.2) is 0 Å². The number of aryl methyl sites for hydroxylation is 1. The lowest BCUT2D eigenvalue weighted by Crippen LogP contribution is -2.27. The Balaban J connectivity index is 1.83. The van der Waals surface area contributed by atoms with E-state index in [9.17, 15) is 4.79 Å². The van der Waals surface area contributed by atoms with Gasteiger partial charge in [0.25, 0.3) is 0 Å². The van der Waals surface area contributed by atoms with Crippen LogP contribution in [0.4, 0.5) is 11.4 Å². The van der Waals surface area contributed by atoms with Crippen molar-refractivity contribution < 1.29 is 4.79 Å². The number of halogens is 1. The standard InChI is InChI=1S/C17H17BrN2O/c1-11-8-13(18)10-15(9-11)20-16(21)17(6-7-17)12-2-4-14(19)5-3-12/h2-5,8-10H,6-7,19H2,1H3,(H,20,21). The molecule has 1 aliphatic rings. The molecule has 0 saturated heterocycles. The van der Waals surface area contributed by atoms with Crippen LogP contribution in [0.5, 0.6) is 0 Å². The van der Waals surface area contributed by atoms with Gasteiger partial charge in [-0.3, -0.25) is 4.79 Å². The van der Waals surface area contributed by atoms with Crippen molar-refractivity contribution in [2.45, 2.75) is 25.2 Å². The molecule has 0 atom stereocenters. The molecule has 1 fully saturated rings. The molecule has 21 heavy (non-hydrogen) atoms. The molecule has 0 heterocycles. The van der Waals surface area contributed by atoms with Gasteiger partial charge in [-0.25, -0.2) is 0 Å². The molecule has 0 spiro atoms. The van der Waals surface area contributed by atoms with Crippen molar-refractivity contribution in [3.05, 3.63) is 58.1 Å². The van der Waals surface area contributed by atoms with Crippen molar-refractivity contribution in [1.29, 1.82) is 0 Å². The van der Waals surface area contributed by atoms with E-state index < -0.39 is 0 Å². The van der Waals surface area contributed by atoms with E-state index in [2.05, 4.69) is 21.2 Å². The number of carbonyl (C=O) groups excluding carboxylic acids is 1. The molecule has 0 aliphatic heterocycles. The highest BCUT2D eigenvalue weighted by Crippen LogP contribution is 2.49. The van der Waals surface area contributed by atoms with Crippen molar-refractivity contribution in [2.24, 2.45) is 0 Å². The Labute approximate surface area is 132 Å². The van der Waals surface area contributed by atoms with Crippen molar-refractivity contribution in [1.82, 2.24) is 0 Å². The van der Waals surface area contributed by atoms with Gasteiger partial charge in [0.1, 0.15) is 0 Å². The average molecular weight is 345 g/mol. The molecule has 3 rings (SSSR count). The fourth-order valence-corrected chi connectivity index (χ4v) is 3.24. The van der Waals surface area contributed by atoms with Gasteiger partial charge >= 0.3 is 0 Å².